The zero-order valence-electron chi connectivity index (χ0n) is 21.5. The van der Waals surface area contributed by atoms with Gasteiger partial charge in [0.25, 0.3) is 5.91 Å². The van der Waals surface area contributed by atoms with Crippen LogP contribution in [0.5, 0.6) is 17.2 Å². The number of carbonyl (C=O) groups excluding carboxylic acids is 1. The molecule has 1 aliphatic heterocycles. The number of methoxy groups -OCH3 is 3. The summed E-state index contributed by atoms with van der Waals surface area (Å²) in [6.45, 7) is 1.79. The number of hydrogen-bond acceptors (Lipinski definition) is 8. The van der Waals surface area contributed by atoms with E-state index >= 15 is 0 Å². The Morgan fingerprint density at radius 1 is 1.05 bits per heavy atom. The Balaban J connectivity index is 1.65. The van der Waals surface area contributed by atoms with Gasteiger partial charge in [-0.05, 0) is 37.3 Å². The highest BCUT2D eigenvalue weighted by molar-refractivity contribution is 6.42. The van der Waals surface area contributed by atoms with Crippen LogP contribution < -0.4 is 24.8 Å². The third-order valence-corrected chi connectivity index (χ3v) is 7.05. The molecule has 4 aromatic rings. The molecule has 0 saturated carbocycles. The Kier molecular flexibility index (Phi) is 7.32. The van der Waals surface area contributed by atoms with Crippen molar-refractivity contribution in [3.63, 3.8) is 0 Å². The second-order valence-corrected chi connectivity index (χ2v) is 9.31. The second-order valence-electron chi connectivity index (χ2n) is 8.52. The van der Waals surface area contributed by atoms with Crippen LogP contribution in [0.1, 0.15) is 18.5 Å². The maximum absolute atomic E-state index is 13.7. The Labute approximate surface area is 234 Å². The van der Waals surface area contributed by atoms with Crippen molar-refractivity contribution < 1.29 is 19.0 Å². The van der Waals surface area contributed by atoms with E-state index in [2.05, 4.69) is 15.6 Å². The van der Waals surface area contributed by atoms with Gasteiger partial charge in [0.2, 0.25) is 11.7 Å². The van der Waals surface area contributed by atoms with Crippen molar-refractivity contribution in [2.24, 2.45) is 0 Å². The van der Waals surface area contributed by atoms with Gasteiger partial charge in [0.05, 0.1) is 48.8 Å². The third kappa shape index (κ3) is 4.84. The molecule has 3 heterocycles. The highest BCUT2D eigenvalue weighted by atomic mass is 35.5. The molecule has 1 atom stereocenters. The average molecular weight is 567 g/mol. The van der Waals surface area contributed by atoms with Crippen molar-refractivity contribution in [2.75, 3.05) is 32.0 Å². The number of carbonyl (C=O) groups is 1. The fourth-order valence-electron chi connectivity index (χ4n) is 4.43. The number of nitrogens with one attached hydrogen (secondary N) is 2. The first-order valence-corrected chi connectivity index (χ1v) is 12.5. The van der Waals surface area contributed by atoms with E-state index in [1.807, 2.05) is 0 Å². The number of halogens is 2. The molecular formula is C27H24Cl2N6O4. The molecule has 1 amide bonds. The average Bonchev–Trinajstić information content (AvgIpc) is 3.37. The summed E-state index contributed by atoms with van der Waals surface area (Å²) in [7, 11) is 4.60. The second kappa shape index (κ2) is 10.8. The number of nitrogens with zero attached hydrogens (tertiary/aromatic N) is 4. The molecule has 0 radical (unpaired) electrons. The molecule has 0 saturated heterocycles. The summed E-state index contributed by atoms with van der Waals surface area (Å²) in [5, 5.41) is 11.6. The normalized spacial score (nSPS) is 14.4. The number of amides is 1. The molecule has 2 N–H and O–H groups in total. The predicted molar refractivity (Wildman–Crippen MR) is 149 cm³/mol. The van der Waals surface area contributed by atoms with Gasteiger partial charge in [0, 0.05) is 23.0 Å². The molecule has 1 aliphatic rings. The summed E-state index contributed by atoms with van der Waals surface area (Å²) in [5.41, 5.74) is 2.71. The van der Waals surface area contributed by atoms with Crippen LogP contribution >= 0.6 is 23.2 Å². The predicted octanol–water partition coefficient (Wildman–Crippen LogP) is 5.60. The van der Waals surface area contributed by atoms with E-state index in [9.17, 15) is 4.79 Å². The van der Waals surface area contributed by atoms with Crippen molar-refractivity contribution in [1.29, 1.82) is 0 Å². The van der Waals surface area contributed by atoms with Gasteiger partial charge < -0.3 is 24.8 Å². The van der Waals surface area contributed by atoms with Crippen LogP contribution in [-0.4, -0.2) is 47.0 Å². The molecule has 39 heavy (non-hydrogen) atoms. The largest absolute Gasteiger partial charge is 0.493 e. The maximum Gasteiger partial charge on any atom is 0.255 e. The lowest BCUT2D eigenvalue weighted by atomic mass is 9.95. The lowest BCUT2D eigenvalue weighted by molar-refractivity contribution is -0.113. The van der Waals surface area contributed by atoms with Crippen molar-refractivity contribution in [3.8, 4) is 28.6 Å². The Morgan fingerprint density at radius 3 is 2.44 bits per heavy atom. The highest BCUT2D eigenvalue weighted by Gasteiger charge is 2.36. The molecule has 10 nitrogen and oxygen atoms in total. The number of aromatic nitrogens is 4. The molecule has 200 valence electrons. The molecule has 5 rings (SSSR count). The van der Waals surface area contributed by atoms with Gasteiger partial charge in [0.15, 0.2) is 17.3 Å². The highest BCUT2D eigenvalue weighted by Crippen LogP contribution is 2.43. The molecule has 0 fully saturated rings. The monoisotopic (exact) mass is 566 g/mol. The first-order chi connectivity index (χ1) is 18.9. The van der Waals surface area contributed by atoms with Crippen LogP contribution in [0.15, 0.2) is 66.1 Å². The Bertz CT molecular complexity index is 1560. The number of pyridine rings is 1. The minimum atomic E-state index is -0.743. The minimum absolute atomic E-state index is 0.307. The first kappa shape index (κ1) is 26.3. The summed E-state index contributed by atoms with van der Waals surface area (Å²) in [6.07, 6.45) is 3.19. The van der Waals surface area contributed by atoms with Gasteiger partial charge in [0.1, 0.15) is 6.04 Å². The van der Waals surface area contributed by atoms with Gasteiger partial charge in [-0.1, -0.05) is 35.3 Å². The van der Waals surface area contributed by atoms with Gasteiger partial charge >= 0.3 is 0 Å². The van der Waals surface area contributed by atoms with Gasteiger partial charge in [-0.2, -0.15) is 4.98 Å². The van der Waals surface area contributed by atoms with E-state index in [-0.39, 0.29) is 5.91 Å². The standard InChI is InChI=1S/C27H24Cl2N6O4/c1-14-21(26(36)32-16-7-6-10-30-13-16)23(17-8-5-9-18(28)22(17)29)35-27(31-14)33-25(34-35)15-11-19(37-2)24(39-4)20(12-15)38-3/h5-13,23H,1-4H3,(H,32,36)(H,31,33,34). The number of ether oxygens (including phenoxy) is 3. The lowest BCUT2D eigenvalue weighted by Crippen LogP contribution is -2.31. The molecule has 12 heteroatoms. The van der Waals surface area contributed by atoms with E-state index in [4.69, 9.17) is 47.5 Å². The molecular weight excluding hydrogens is 543 g/mol. The van der Waals surface area contributed by atoms with Crippen LogP contribution in [0.3, 0.4) is 0 Å². The first-order valence-electron chi connectivity index (χ1n) is 11.8. The van der Waals surface area contributed by atoms with Crippen LogP contribution in [0, 0.1) is 0 Å². The Hall–Kier alpha value is -4.28. The third-order valence-electron chi connectivity index (χ3n) is 6.22. The zero-order chi connectivity index (χ0) is 27.7. The lowest BCUT2D eigenvalue weighted by Gasteiger charge is -2.29. The van der Waals surface area contributed by atoms with E-state index in [0.717, 1.165) is 0 Å². The quantitative estimate of drug-likeness (QED) is 0.297. The number of rotatable bonds is 7. The van der Waals surface area contributed by atoms with Crippen LogP contribution in [0.2, 0.25) is 10.0 Å². The molecule has 0 spiro atoms. The van der Waals surface area contributed by atoms with Crippen LogP contribution in [0.25, 0.3) is 11.4 Å². The smallest absolute Gasteiger partial charge is 0.255 e. The molecule has 2 aromatic heterocycles. The van der Waals surface area contributed by atoms with Crippen molar-refractivity contribution in [1.82, 2.24) is 19.7 Å². The van der Waals surface area contributed by atoms with E-state index in [1.54, 1.807) is 66.5 Å². The molecule has 2 aromatic carbocycles. The van der Waals surface area contributed by atoms with Crippen molar-refractivity contribution >= 4 is 40.7 Å². The van der Waals surface area contributed by atoms with E-state index in [1.165, 1.54) is 21.3 Å². The van der Waals surface area contributed by atoms with Gasteiger partial charge in [-0.3, -0.25) is 9.78 Å². The van der Waals surface area contributed by atoms with Crippen LogP contribution in [0.4, 0.5) is 11.6 Å². The minimum Gasteiger partial charge on any atom is -0.493 e. The number of anilines is 2. The van der Waals surface area contributed by atoms with Crippen LogP contribution in [-0.2, 0) is 4.79 Å². The number of hydrogen-bond donors (Lipinski definition) is 2. The fraction of sp³-hybridized carbons (Fsp3) is 0.185. The summed E-state index contributed by atoms with van der Waals surface area (Å²) < 4.78 is 18.1. The number of fused-ring (bicyclic) bond motifs is 1. The van der Waals surface area contributed by atoms with Gasteiger partial charge in [-0.25, -0.2) is 4.68 Å². The summed E-state index contributed by atoms with van der Waals surface area (Å²) in [4.78, 5) is 22.5. The zero-order valence-corrected chi connectivity index (χ0v) is 23.0. The van der Waals surface area contributed by atoms with Crippen molar-refractivity contribution in [2.45, 2.75) is 13.0 Å². The Morgan fingerprint density at radius 2 is 1.79 bits per heavy atom. The summed E-state index contributed by atoms with van der Waals surface area (Å²) in [5.74, 6) is 1.77. The molecule has 0 bridgehead atoms. The summed E-state index contributed by atoms with van der Waals surface area (Å²) >= 11 is 13.1. The number of benzene rings is 2. The summed E-state index contributed by atoms with van der Waals surface area (Å²) in [6, 6.07) is 11.5. The maximum atomic E-state index is 13.7. The van der Waals surface area contributed by atoms with Crippen molar-refractivity contribution in [3.05, 3.63) is 81.7 Å². The fourth-order valence-corrected chi connectivity index (χ4v) is 4.84. The SMILES string of the molecule is COc1cc(-c2nc3n(n2)C(c2cccc(Cl)c2Cl)C(C(=O)Nc2cccnc2)=C(C)N3)cc(OC)c1OC. The van der Waals surface area contributed by atoms with E-state index < -0.39 is 6.04 Å². The molecule has 0 aliphatic carbocycles. The topological polar surface area (TPSA) is 112 Å². The van der Waals surface area contributed by atoms with E-state index in [0.29, 0.717) is 67.2 Å². The number of allylic oxidation sites excluding steroid dienone is 1. The molecule has 1 unspecified atom stereocenters. The van der Waals surface area contributed by atoms with Gasteiger partial charge in [-0.15, -0.1) is 5.10 Å².